The van der Waals surface area contributed by atoms with Crippen LogP contribution in [0, 0.1) is 0 Å². The van der Waals surface area contributed by atoms with Crippen LogP contribution in [0.1, 0.15) is 40.0 Å². The number of hydrogen-bond acceptors (Lipinski definition) is 5. The topological polar surface area (TPSA) is 46.2 Å². The van der Waals surface area contributed by atoms with Crippen LogP contribution < -0.4 is 10.4 Å². The Hall–Kier alpha value is -1.54. The van der Waals surface area contributed by atoms with E-state index in [0.717, 1.165) is 19.4 Å². The molecule has 182 valence electrons. The second-order valence-electron chi connectivity index (χ2n) is 9.40. The summed E-state index contributed by atoms with van der Waals surface area (Å²) in [4.78, 5) is 0. The molecular formula is C27H40O5Si. The maximum absolute atomic E-state index is 6.82. The van der Waals surface area contributed by atoms with Gasteiger partial charge in [0.25, 0.3) is 8.32 Å². The van der Waals surface area contributed by atoms with Gasteiger partial charge in [-0.05, 0) is 34.7 Å². The Morgan fingerprint density at radius 1 is 0.758 bits per heavy atom. The van der Waals surface area contributed by atoms with Gasteiger partial charge < -0.3 is 23.4 Å². The fraction of sp³-hybridized carbons (Fsp3) is 0.556. The van der Waals surface area contributed by atoms with Gasteiger partial charge >= 0.3 is 0 Å². The normalized spacial score (nSPS) is 17.2. The van der Waals surface area contributed by atoms with Crippen molar-refractivity contribution in [3.63, 3.8) is 0 Å². The SMILES string of the molecule is CC(C)(C)[Si](OCCOCCOCCOC1CCCCO1)(c1ccccc1)c1ccccc1. The maximum Gasteiger partial charge on any atom is 0.261 e. The van der Waals surface area contributed by atoms with E-state index in [2.05, 4.69) is 81.4 Å². The van der Waals surface area contributed by atoms with E-state index >= 15 is 0 Å². The summed E-state index contributed by atoms with van der Waals surface area (Å²) in [5.41, 5.74) is 0. The highest BCUT2D eigenvalue weighted by molar-refractivity contribution is 6.99. The third-order valence-electron chi connectivity index (χ3n) is 6.00. The molecule has 2 aromatic carbocycles. The van der Waals surface area contributed by atoms with Gasteiger partial charge in [-0.3, -0.25) is 0 Å². The van der Waals surface area contributed by atoms with Gasteiger partial charge in [-0.2, -0.15) is 0 Å². The third-order valence-corrected chi connectivity index (χ3v) is 11.0. The van der Waals surface area contributed by atoms with E-state index in [0.29, 0.717) is 39.6 Å². The molecule has 1 aliphatic rings. The minimum absolute atomic E-state index is 0.0269. The van der Waals surface area contributed by atoms with E-state index in [-0.39, 0.29) is 11.3 Å². The fourth-order valence-corrected chi connectivity index (χ4v) is 8.96. The second kappa shape index (κ2) is 13.4. The molecule has 1 atom stereocenters. The van der Waals surface area contributed by atoms with E-state index < -0.39 is 8.32 Å². The number of ether oxygens (including phenoxy) is 4. The van der Waals surface area contributed by atoms with Gasteiger partial charge in [0, 0.05) is 6.61 Å². The van der Waals surface area contributed by atoms with Crippen molar-refractivity contribution in [2.45, 2.75) is 51.4 Å². The summed E-state index contributed by atoms with van der Waals surface area (Å²) >= 11 is 0. The first-order valence-corrected chi connectivity index (χ1v) is 14.1. The molecule has 6 heteroatoms. The lowest BCUT2D eigenvalue weighted by molar-refractivity contribution is -0.169. The van der Waals surface area contributed by atoms with Crippen molar-refractivity contribution in [2.24, 2.45) is 0 Å². The average molecular weight is 473 g/mol. The maximum atomic E-state index is 6.82. The van der Waals surface area contributed by atoms with Gasteiger partial charge in [0.2, 0.25) is 0 Å². The van der Waals surface area contributed by atoms with Gasteiger partial charge in [-0.1, -0.05) is 81.4 Å². The number of hydrogen-bond donors (Lipinski definition) is 0. The molecule has 3 rings (SSSR count). The van der Waals surface area contributed by atoms with Crippen LogP contribution in [0.3, 0.4) is 0 Å². The monoisotopic (exact) mass is 472 g/mol. The lowest BCUT2D eigenvalue weighted by atomic mass is 10.2. The molecule has 0 spiro atoms. The highest BCUT2D eigenvalue weighted by Crippen LogP contribution is 2.36. The van der Waals surface area contributed by atoms with Crippen LogP contribution in [-0.4, -0.2) is 60.9 Å². The Bertz CT molecular complexity index is 733. The van der Waals surface area contributed by atoms with Crippen molar-refractivity contribution in [1.29, 1.82) is 0 Å². The molecule has 2 aromatic rings. The summed E-state index contributed by atoms with van der Waals surface area (Å²) in [6, 6.07) is 21.4. The van der Waals surface area contributed by atoms with E-state index in [1.807, 2.05) is 0 Å². The molecular weight excluding hydrogens is 432 g/mol. The first kappa shape index (κ1) is 26.1. The fourth-order valence-electron chi connectivity index (χ4n) is 4.42. The highest BCUT2D eigenvalue weighted by atomic mass is 28.4. The van der Waals surface area contributed by atoms with Crippen molar-refractivity contribution in [1.82, 2.24) is 0 Å². The predicted molar refractivity (Wildman–Crippen MR) is 135 cm³/mol. The number of benzene rings is 2. The van der Waals surface area contributed by atoms with Crippen LogP contribution in [0.4, 0.5) is 0 Å². The lowest BCUT2D eigenvalue weighted by Gasteiger charge is -2.43. The predicted octanol–water partition coefficient (Wildman–Crippen LogP) is 4.14. The summed E-state index contributed by atoms with van der Waals surface area (Å²) in [6.07, 6.45) is 3.23. The molecule has 1 unspecified atom stereocenters. The Kier molecular flexibility index (Phi) is 10.6. The smallest absolute Gasteiger partial charge is 0.261 e. The van der Waals surface area contributed by atoms with Crippen molar-refractivity contribution in [2.75, 3.05) is 46.2 Å². The molecule has 0 N–H and O–H groups in total. The minimum atomic E-state index is -2.49. The highest BCUT2D eigenvalue weighted by Gasteiger charge is 2.49. The molecule has 0 radical (unpaired) electrons. The molecule has 1 heterocycles. The Labute approximate surface area is 200 Å². The molecule has 33 heavy (non-hydrogen) atoms. The van der Waals surface area contributed by atoms with Crippen LogP contribution >= 0.6 is 0 Å². The molecule has 1 saturated heterocycles. The van der Waals surface area contributed by atoms with E-state index in [9.17, 15) is 0 Å². The van der Waals surface area contributed by atoms with E-state index in [1.165, 1.54) is 16.8 Å². The Morgan fingerprint density at radius 3 is 1.82 bits per heavy atom. The number of rotatable bonds is 13. The van der Waals surface area contributed by atoms with Crippen LogP contribution in [-0.2, 0) is 23.4 Å². The lowest BCUT2D eigenvalue weighted by Crippen LogP contribution is -2.66. The van der Waals surface area contributed by atoms with Crippen LogP contribution in [0.2, 0.25) is 5.04 Å². The summed E-state index contributed by atoms with van der Waals surface area (Å²) in [7, 11) is -2.49. The molecule has 0 aliphatic carbocycles. The Morgan fingerprint density at radius 2 is 1.30 bits per heavy atom. The quantitative estimate of drug-likeness (QED) is 0.324. The van der Waals surface area contributed by atoms with E-state index in [4.69, 9.17) is 23.4 Å². The van der Waals surface area contributed by atoms with Gasteiger partial charge in [0.05, 0.1) is 39.6 Å². The summed E-state index contributed by atoms with van der Waals surface area (Å²) in [5, 5.41) is 2.55. The van der Waals surface area contributed by atoms with Crippen molar-refractivity contribution < 1.29 is 23.4 Å². The van der Waals surface area contributed by atoms with Crippen LogP contribution in [0.5, 0.6) is 0 Å². The molecule has 0 bridgehead atoms. The molecule has 0 saturated carbocycles. The molecule has 1 aliphatic heterocycles. The molecule has 0 aromatic heterocycles. The summed E-state index contributed by atoms with van der Waals surface area (Å²) in [6.45, 7) is 11.0. The minimum Gasteiger partial charge on any atom is -0.405 e. The largest absolute Gasteiger partial charge is 0.405 e. The van der Waals surface area contributed by atoms with Crippen LogP contribution in [0.15, 0.2) is 60.7 Å². The van der Waals surface area contributed by atoms with Gasteiger partial charge in [-0.15, -0.1) is 0 Å². The zero-order chi connectivity index (χ0) is 23.4. The molecule has 1 fully saturated rings. The zero-order valence-electron chi connectivity index (χ0n) is 20.5. The van der Waals surface area contributed by atoms with Crippen molar-refractivity contribution in [3.05, 3.63) is 60.7 Å². The first-order chi connectivity index (χ1) is 16.0. The third kappa shape index (κ3) is 7.47. The van der Waals surface area contributed by atoms with Gasteiger partial charge in [-0.25, -0.2) is 0 Å². The van der Waals surface area contributed by atoms with Crippen LogP contribution in [0.25, 0.3) is 0 Å². The van der Waals surface area contributed by atoms with Crippen molar-refractivity contribution in [3.8, 4) is 0 Å². The zero-order valence-corrected chi connectivity index (χ0v) is 21.5. The average Bonchev–Trinajstić information content (AvgIpc) is 2.84. The second-order valence-corrected chi connectivity index (χ2v) is 13.7. The standard InChI is InChI=1S/C27H40O5Si/c1-27(2,3)33(24-12-6-4-7-13-24,25-14-8-5-9-15-25)32-23-21-29-19-18-28-20-22-31-26-16-10-11-17-30-26/h4-9,12-15,26H,10-11,16-23H2,1-3H3. The van der Waals surface area contributed by atoms with E-state index in [1.54, 1.807) is 0 Å². The molecule has 5 nitrogen and oxygen atoms in total. The first-order valence-electron chi connectivity index (χ1n) is 12.2. The molecule has 0 amide bonds. The Balaban J connectivity index is 1.44. The summed E-state index contributed by atoms with van der Waals surface area (Å²) in [5.74, 6) is 0. The van der Waals surface area contributed by atoms with Gasteiger partial charge in [0.15, 0.2) is 6.29 Å². The van der Waals surface area contributed by atoms with Crippen molar-refractivity contribution >= 4 is 18.7 Å². The summed E-state index contributed by atoms with van der Waals surface area (Å²) < 4.78 is 29.5. The van der Waals surface area contributed by atoms with Gasteiger partial charge in [0.1, 0.15) is 0 Å².